The molecule has 1 atom stereocenters. The maximum atomic E-state index is 13.0. The van der Waals surface area contributed by atoms with Crippen molar-refractivity contribution >= 4 is 21.6 Å². The van der Waals surface area contributed by atoms with E-state index in [9.17, 15) is 13.2 Å². The molecule has 1 fully saturated rings. The zero-order valence-corrected chi connectivity index (χ0v) is 18.1. The second-order valence-electron chi connectivity index (χ2n) is 7.99. The molecule has 9 heteroatoms. The van der Waals surface area contributed by atoms with Gasteiger partial charge in [-0.3, -0.25) is 4.79 Å². The number of sulfonamides is 1. The van der Waals surface area contributed by atoms with E-state index in [4.69, 9.17) is 4.74 Å². The zero-order valence-electron chi connectivity index (χ0n) is 17.2. The number of carbonyl (C=O) groups excluding carboxylic acids is 1. The summed E-state index contributed by atoms with van der Waals surface area (Å²) in [6, 6.07) is 8.87. The van der Waals surface area contributed by atoms with Crippen molar-refractivity contribution in [2.45, 2.75) is 30.7 Å². The summed E-state index contributed by atoms with van der Waals surface area (Å²) in [6.45, 7) is 3.47. The second-order valence-corrected chi connectivity index (χ2v) is 9.93. The molecule has 1 aliphatic carbocycles. The molecule has 1 aromatic carbocycles. The van der Waals surface area contributed by atoms with Gasteiger partial charge in [-0.05, 0) is 54.7 Å². The average molecular weight is 441 g/mol. The molecule has 8 nitrogen and oxygen atoms in total. The quantitative estimate of drug-likeness (QED) is 0.671. The molecule has 3 heterocycles. The number of imidazole rings is 1. The first kappa shape index (κ1) is 20.2. The lowest BCUT2D eigenvalue weighted by atomic mass is 10.1. The van der Waals surface area contributed by atoms with Crippen molar-refractivity contribution < 1.29 is 17.9 Å². The number of aryl methyl sites for hydroxylation is 2. The van der Waals surface area contributed by atoms with Crippen molar-refractivity contribution in [1.82, 2.24) is 19.0 Å². The standard InChI is InChI=1S/C22H24N4O4S/c1-15-3-2-8-25-14-20(23-21(15)25)22(27)24-19-7-5-16-4-6-17(13-18(16)19)31(28,29)26-9-11-30-12-10-26/h2-4,6,8,13-14,19H,5,7,9-12H2,1H3,(H,24,27). The monoisotopic (exact) mass is 440 g/mol. The number of fused-ring (bicyclic) bond motifs is 2. The minimum Gasteiger partial charge on any atom is -0.379 e. The molecule has 1 aliphatic heterocycles. The molecule has 0 radical (unpaired) electrons. The Labute approximate surface area is 180 Å². The van der Waals surface area contributed by atoms with E-state index in [2.05, 4.69) is 10.3 Å². The zero-order chi connectivity index (χ0) is 21.6. The summed E-state index contributed by atoms with van der Waals surface area (Å²) in [6.07, 6.45) is 5.10. The highest BCUT2D eigenvalue weighted by Gasteiger charge is 2.30. The van der Waals surface area contributed by atoms with Crippen LogP contribution in [0.4, 0.5) is 0 Å². The van der Waals surface area contributed by atoms with Crippen LogP contribution in [0.2, 0.25) is 0 Å². The third kappa shape index (κ3) is 3.62. The van der Waals surface area contributed by atoms with Crippen LogP contribution in [0.1, 0.15) is 39.6 Å². The summed E-state index contributed by atoms with van der Waals surface area (Å²) in [4.78, 5) is 17.6. The van der Waals surface area contributed by atoms with Gasteiger partial charge in [-0.2, -0.15) is 4.31 Å². The highest BCUT2D eigenvalue weighted by molar-refractivity contribution is 7.89. The molecule has 1 N–H and O–H groups in total. The van der Waals surface area contributed by atoms with E-state index in [-0.39, 0.29) is 16.8 Å². The molecule has 2 aliphatic rings. The van der Waals surface area contributed by atoms with Gasteiger partial charge in [0.1, 0.15) is 11.3 Å². The van der Waals surface area contributed by atoms with Crippen LogP contribution in [-0.4, -0.2) is 54.3 Å². The van der Waals surface area contributed by atoms with Gasteiger partial charge in [0.25, 0.3) is 5.91 Å². The minimum absolute atomic E-state index is 0.242. The Hall–Kier alpha value is -2.75. The highest BCUT2D eigenvalue weighted by Crippen LogP contribution is 2.34. The smallest absolute Gasteiger partial charge is 0.271 e. The summed E-state index contributed by atoms with van der Waals surface area (Å²) in [5, 5.41) is 3.05. The van der Waals surface area contributed by atoms with Crippen LogP contribution >= 0.6 is 0 Å². The number of ether oxygens (including phenoxy) is 1. The van der Waals surface area contributed by atoms with Crippen LogP contribution in [0, 0.1) is 6.92 Å². The van der Waals surface area contributed by atoms with Gasteiger partial charge >= 0.3 is 0 Å². The fraction of sp³-hybridized carbons (Fsp3) is 0.364. The fourth-order valence-corrected chi connectivity index (χ4v) is 5.77. The lowest BCUT2D eigenvalue weighted by Gasteiger charge is -2.26. The number of nitrogens with zero attached hydrogens (tertiary/aromatic N) is 3. The number of amides is 1. The van der Waals surface area contributed by atoms with Gasteiger partial charge < -0.3 is 14.5 Å². The third-order valence-corrected chi connectivity index (χ3v) is 7.91. The topological polar surface area (TPSA) is 93.0 Å². The Balaban J connectivity index is 1.40. The summed E-state index contributed by atoms with van der Waals surface area (Å²) >= 11 is 0. The first-order valence-electron chi connectivity index (χ1n) is 10.4. The Morgan fingerprint density at radius 1 is 1.23 bits per heavy atom. The Kier molecular flexibility index (Phi) is 5.04. The summed E-state index contributed by atoms with van der Waals surface area (Å²) in [5.74, 6) is -0.262. The van der Waals surface area contributed by atoms with Gasteiger partial charge in [-0.15, -0.1) is 0 Å². The van der Waals surface area contributed by atoms with Gasteiger partial charge in [0.05, 0.1) is 24.2 Å². The maximum absolute atomic E-state index is 13.0. The van der Waals surface area contributed by atoms with E-state index in [1.807, 2.05) is 35.7 Å². The first-order chi connectivity index (χ1) is 14.9. The van der Waals surface area contributed by atoms with Crippen LogP contribution in [0.5, 0.6) is 0 Å². The molecule has 0 bridgehead atoms. The van der Waals surface area contributed by atoms with Gasteiger partial charge in [0.2, 0.25) is 10.0 Å². The van der Waals surface area contributed by atoms with Crippen LogP contribution in [0.25, 0.3) is 5.65 Å². The molecule has 0 spiro atoms. The number of morpholine rings is 1. The highest BCUT2D eigenvalue weighted by atomic mass is 32.2. The summed E-state index contributed by atoms with van der Waals surface area (Å²) < 4.78 is 34.6. The molecular formula is C22H24N4O4S. The van der Waals surface area contributed by atoms with E-state index in [1.54, 1.807) is 18.3 Å². The predicted octanol–water partition coefficient (Wildman–Crippen LogP) is 2.08. The van der Waals surface area contributed by atoms with Crippen LogP contribution in [0.15, 0.2) is 47.6 Å². The molecule has 3 aromatic rings. The average Bonchev–Trinajstić information content (AvgIpc) is 3.39. The molecule has 1 amide bonds. The largest absolute Gasteiger partial charge is 0.379 e. The van der Waals surface area contributed by atoms with Crippen molar-refractivity contribution in [3.05, 3.63) is 65.1 Å². The van der Waals surface area contributed by atoms with Gasteiger partial charge in [0.15, 0.2) is 0 Å². The van der Waals surface area contributed by atoms with Gasteiger partial charge in [0, 0.05) is 25.5 Å². The van der Waals surface area contributed by atoms with Crippen molar-refractivity contribution in [1.29, 1.82) is 0 Å². The summed E-state index contributed by atoms with van der Waals surface area (Å²) in [5.41, 5.74) is 4.02. The normalized spacial score (nSPS) is 19.5. The van der Waals surface area contributed by atoms with E-state index in [1.165, 1.54) is 4.31 Å². The van der Waals surface area contributed by atoms with E-state index < -0.39 is 10.0 Å². The number of hydrogen-bond donors (Lipinski definition) is 1. The second kappa shape index (κ2) is 7.74. The summed E-state index contributed by atoms with van der Waals surface area (Å²) in [7, 11) is -3.58. The number of aromatic nitrogens is 2. The van der Waals surface area contributed by atoms with E-state index in [0.29, 0.717) is 32.0 Å². The lowest BCUT2D eigenvalue weighted by Crippen LogP contribution is -2.40. The third-order valence-electron chi connectivity index (χ3n) is 6.02. The van der Waals surface area contributed by atoms with Crippen molar-refractivity contribution in [2.24, 2.45) is 0 Å². The maximum Gasteiger partial charge on any atom is 0.271 e. The predicted molar refractivity (Wildman–Crippen MR) is 114 cm³/mol. The van der Waals surface area contributed by atoms with Crippen LogP contribution < -0.4 is 5.32 Å². The number of carbonyl (C=O) groups is 1. The Morgan fingerprint density at radius 3 is 2.81 bits per heavy atom. The number of hydrogen-bond acceptors (Lipinski definition) is 5. The van der Waals surface area contributed by atoms with Crippen molar-refractivity contribution in [3.63, 3.8) is 0 Å². The molecule has 31 heavy (non-hydrogen) atoms. The number of nitrogens with one attached hydrogen (secondary N) is 1. The van der Waals surface area contributed by atoms with Gasteiger partial charge in [-0.1, -0.05) is 12.1 Å². The minimum atomic E-state index is -3.58. The number of pyridine rings is 1. The van der Waals surface area contributed by atoms with Crippen LogP contribution in [-0.2, 0) is 21.2 Å². The number of rotatable bonds is 4. The number of benzene rings is 1. The molecule has 1 saturated heterocycles. The van der Waals surface area contributed by atoms with Crippen molar-refractivity contribution in [3.8, 4) is 0 Å². The Bertz CT molecular complexity index is 1260. The molecule has 0 saturated carbocycles. The van der Waals surface area contributed by atoms with E-state index in [0.717, 1.165) is 35.2 Å². The lowest BCUT2D eigenvalue weighted by molar-refractivity contribution is 0.0730. The van der Waals surface area contributed by atoms with E-state index >= 15 is 0 Å². The molecular weight excluding hydrogens is 416 g/mol. The van der Waals surface area contributed by atoms with Crippen molar-refractivity contribution in [2.75, 3.05) is 26.3 Å². The molecule has 2 aromatic heterocycles. The van der Waals surface area contributed by atoms with Crippen LogP contribution in [0.3, 0.4) is 0 Å². The molecule has 5 rings (SSSR count). The van der Waals surface area contributed by atoms with Gasteiger partial charge in [-0.25, -0.2) is 13.4 Å². The fourth-order valence-electron chi connectivity index (χ4n) is 4.32. The first-order valence-corrected chi connectivity index (χ1v) is 11.8. The molecule has 162 valence electrons. The SMILES string of the molecule is Cc1cccn2cc(C(=O)NC3CCc4ccc(S(=O)(=O)N5CCOCC5)cc43)nc12. The molecule has 1 unspecified atom stereocenters. The Morgan fingerprint density at radius 2 is 2.03 bits per heavy atom.